The van der Waals surface area contributed by atoms with Gasteiger partial charge in [-0.05, 0) is 37.0 Å². The van der Waals surface area contributed by atoms with Crippen molar-refractivity contribution in [1.82, 2.24) is 10.2 Å². The zero-order valence-electron chi connectivity index (χ0n) is 15.0. The summed E-state index contributed by atoms with van der Waals surface area (Å²) in [6.07, 6.45) is -2.85. The van der Waals surface area contributed by atoms with E-state index in [9.17, 15) is 13.2 Å². The van der Waals surface area contributed by atoms with E-state index in [2.05, 4.69) is 28.8 Å². The van der Waals surface area contributed by atoms with Crippen LogP contribution in [0, 0.1) is 5.92 Å². The van der Waals surface area contributed by atoms with Gasteiger partial charge in [-0.1, -0.05) is 13.8 Å². The third-order valence-electron chi connectivity index (χ3n) is 4.40. The molecule has 1 N–H and O–H groups in total. The number of piperazine rings is 1. The molecule has 1 aromatic carbocycles. The Balaban J connectivity index is 2.33. The van der Waals surface area contributed by atoms with E-state index in [-0.39, 0.29) is 11.8 Å². The maximum Gasteiger partial charge on any atom is 0.573 e. The molecule has 142 valence electrons. The van der Waals surface area contributed by atoms with Crippen molar-refractivity contribution in [2.45, 2.75) is 39.1 Å². The molecule has 1 fully saturated rings. The quantitative estimate of drug-likeness (QED) is 0.798. The van der Waals surface area contributed by atoms with Crippen molar-refractivity contribution in [3.63, 3.8) is 0 Å². The Morgan fingerprint density at radius 3 is 2.40 bits per heavy atom. The van der Waals surface area contributed by atoms with Crippen LogP contribution < -0.4 is 14.8 Å². The Hall–Kier alpha value is -1.47. The van der Waals surface area contributed by atoms with E-state index in [0.717, 1.165) is 44.6 Å². The van der Waals surface area contributed by atoms with E-state index in [1.807, 2.05) is 0 Å². The van der Waals surface area contributed by atoms with Crippen LogP contribution in [0.2, 0.25) is 0 Å². The number of halogens is 3. The van der Waals surface area contributed by atoms with Crippen molar-refractivity contribution in [1.29, 1.82) is 0 Å². The van der Waals surface area contributed by atoms with Gasteiger partial charge in [0.25, 0.3) is 0 Å². The van der Waals surface area contributed by atoms with Gasteiger partial charge in [-0.3, -0.25) is 4.90 Å². The first-order valence-corrected chi connectivity index (χ1v) is 8.68. The normalized spacial score (nSPS) is 17.6. The molecule has 0 unspecified atom stereocenters. The average Bonchev–Trinajstić information content (AvgIpc) is 2.54. The minimum Gasteiger partial charge on any atom is -0.496 e. The van der Waals surface area contributed by atoms with Crippen molar-refractivity contribution in [3.05, 3.63) is 23.8 Å². The Morgan fingerprint density at radius 1 is 1.16 bits per heavy atom. The van der Waals surface area contributed by atoms with E-state index in [1.165, 1.54) is 12.1 Å². The number of ether oxygens (including phenoxy) is 2. The Kier molecular flexibility index (Phi) is 6.95. The summed E-state index contributed by atoms with van der Waals surface area (Å²) >= 11 is 0. The van der Waals surface area contributed by atoms with Gasteiger partial charge in [0.2, 0.25) is 0 Å². The van der Waals surface area contributed by atoms with E-state index in [0.29, 0.717) is 11.7 Å². The molecule has 0 aromatic heterocycles. The standard InChI is InChI=1S/C18H27F3N2O2/c1-13(2)4-6-16(23-10-8-22-9-11-23)15-12-14(25-18(19,20)21)5-7-17(15)24-3/h5,7,12-13,16,22H,4,6,8-11H2,1-3H3/t16-/m0/s1. The first-order chi connectivity index (χ1) is 11.8. The summed E-state index contributed by atoms with van der Waals surface area (Å²) in [6, 6.07) is 4.34. The predicted molar refractivity (Wildman–Crippen MR) is 90.9 cm³/mol. The fraction of sp³-hybridized carbons (Fsp3) is 0.667. The molecular weight excluding hydrogens is 333 g/mol. The van der Waals surface area contributed by atoms with Crippen LogP contribution in [-0.4, -0.2) is 44.6 Å². The molecule has 1 aromatic rings. The molecule has 0 radical (unpaired) electrons. The third kappa shape index (κ3) is 6.08. The summed E-state index contributed by atoms with van der Waals surface area (Å²) in [5, 5.41) is 3.31. The monoisotopic (exact) mass is 360 g/mol. The van der Waals surface area contributed by atoms with Crippen LogP contribution in [-0.2, 0) is 0 Å². The molecule has 1 aliphatic rings. The average molecular weight is 360 g/mol. The van der Waals surface area contributed by atoms with Crippen molar-refractivity contribution in [3.8, 4) is 11.5 Å². The van der Waals surface area contributed by atoms with Crippen LogP contribution in [0.5, 0.6) is 11.5 Å². The van der Waals surface area contributed by atoms with Gasteiger partial charge < -0.3 is 14.8 Å². The Bertz CT molecular complexity index is 544. The predicted octanol–water partition coefficient (Wildman–Crippen LogP) is 3.98. The van der Waals surface area contributed by atoms with Gasteiger partial charge in [-0.25, -0.2) is 0 Å². The molecule has 0 spiro atoms. The molecule has 0 saturated carbocycles. The number of hydrogen-bond acceptors (Lipinski definition) is 4. The van der Waals surface area contributed by atoms with Gasteiger partial charge in [0.15, 0.2) is 0 Å². The van der Waals surface area contributed by atoms with Crippen LogP contribution in [0.25, 0.3) is 0 Å². The number of benzene rings is 1. The number of methoxy groups -OCH3 is 1. The van der Waals surface area contributed by atoms with Crippen LogP contribution in [0.4, 0.5) is 13.2 Å². The zero-order valence-corrected chi connectivity index (χ0v) is 15.0. The fourth-order valence-corrected chi connectivity index (χ4v) is 3.19. The fourth-order valence-electron chi connectivity index (χ4n) is 3.19. The van der Waals surface area contributed by atoms with Gasteiger partial charge in [-0.2, -0.15) is 0 Å². The molecule has 0 bridgehead atoms. The second-order valence-corrected chi connectivity index (χ2v) is 6.72. The smallest absolute Gasteiger partial charge is 0.496 e. The Morgan fingerprint density at radius 2 is 1.84 bits per heavy atom. The number of rotatable bonds is 7. The molecular formula is C18H27F3N2O2. The summed E-state index contributed by atoms with van der Waals surface area (Å²) in [7, 11) is 1.54. The van der Waals surface area contributed by atoms with Gasteiger partial charge in [-0.15, -0.1) is 13.2 Å². The second kappa shape index (κ2) is 8.76. The molecule has 7 heteroatoms. The summed E-state index contributed by atoms with van der Waals surface area (Å²) in [4.78, 5) is 2.31. The highest BCUT2D eigenvalue weighted by Gasteiger charge is 2.32. The molecule has 25 heavy (non-hydrogen) atoms. The second-order valence-electron chi connectivity index (χ2n) is 6.72. The summed E-state index contributed by atoms with van der Waals surface area (Å²) in [5.41, 5.74) is 0.756. The highest BCUT2D eigenvalue weighted by molar-refractivity contribution is 5.42. The molecule has 1 atom stereocenters. The number of alkyl halides is 3. The van der Waals surface area contributed by atoms with Crippen molar-refractivity contribution >= 4 is 0 Å². The van der Waals surface area contributed by atoms with E-state index < -0.39 is 6.36 Å². The molecule has 2 rings (SSSR count). The lowest BCUT2D eigenvalue weighted by Gasteiger charge is -2.36. The van der Waals surface area contributed by atoms with Crippen molar-refractivity contribution in [2.75, 3.05) is 33.3 Å². The topological polar surface area (TPSA) is 33.7 Å². The van der Waals surface area contributed by atoms with Gasteiger partial charge in [0.05, 0.1) is 7.11 Å². The highest BCUT2D eigenvalue weighted by atomic mass is 19.4. The van der Waals surface area contributed by atoms with Crippen molar-refractivity contribution in [2.24, 2.45) is 5.92 Å². The molecule has 4 nitrogen and oxygen atoms in total. The maximum atomic E-state index is 12.6. The van der Waals surface area contributed by atoms with Gasteiger partial charge in [0, 0.05) is 37.8 Å². The van der Waals surface area contributed by atoms with E-state index in [4.69, 9.17) is 4.74 Å². The maximum absolute atomic E-state index is 12.6. The van der Waals surface area contributed by atoms with Crippen LogP contribution in [0.1, 0.15) is 38.3 Å². The Labute approximate surface area is 147 Å². The molecule has 0 amide bonds. The van der Waals surface area contributed by atoms with Crippen molar-refractivity contribution < 1.29 is 22.6 Å². The lowest BCUT2D eigenvalue weighted by atomic mass is 9.95. The minimum absolute atomic E-state index is 0.0104. The van der Waals surface area contributed by atoms with Crippen LogP contribution in [0.3, 0.4) is 0 Å². The molecule has 0 aliphatic carbocycles. The largest absolute Gasteiger partial charge is 0.573 e. The number of hydrogen-bond donors (Lipinski definition) is 1. The summed E-state index contributed by atoms with van der Waals surface area (Å²) in [6.45, 7) is 7.76. The highest BCUT2D eigenvalue weighted by Crippen LogP contribution is 2.37. The number of nitrogens with zero attached hydrogens (tertiary/aromatic N) is 1. The first-order valence-electron chi connectivity index (χ1n) is 8.68. The minimum atomic E-state index is -4.70. The summed E-state index contributed by atoms with van der Waals surface area (Å²) < 4.78 is 47.3. The number of nitrogens with one attached hydrogen (secondary N) is 1. The van der Waals surface area contributed by atoms with Crippen LogP contribution >= 0.6 is 0 Å². The third-order valence-corrected chi connectivity index (χ3v) is 4.40. The lowest BCUT2D eigenvalue weighted by Crippen LogP contribution is -2.45. The molecule has 1 heterocycles. The summed E-state index contributed by atoms with van der Waals surface area (Å²) in [5.74, 6) is 0.917. The SMILES string of the molecule is COc1ccc(OC(F)(F)F)cc1[C@H](CCC(C)C)N1CCNCC1. The lowest BCUT2D eigenvalue weighted by molar-refractivity contribution is -0.274. The zero-order chi connectivity index (χ0) is 18.4. The van der Waals surface area contributed by atoms with Crippen LogP contribution in [0.15, 0.2) is 18.2 Å². The van der Waals surface area contributed by atoms with Gasteiger partial charge in [0.1, 0.15) is 11.5 Å². The van der Waals surface area contributed by atoms with Gasteiger partial charge >= 0.3 is 6.36 Å². The molecule has 1 aliphatic heterocycles. The van der Waals surface area contributed by atoms with E-state index in [1.54, 1.807) is 13.2 Å². The molecule has 1 saturated heterocycles. The first kappa shape index (κ1) is 19.8. The van der Waals surface area contributed by atoms with E-state index >= 15 is 0 Å².